The van der Waals surface area contributed by atoms with Gasteiger partial charge in [0.05, 0.1) is 17.3 Å². The average Bonchev–Trinajstić information content (AvgIpc) is 3.57. The van der Waals surface area contributed by atoms with E-state index in [0.717, 1.165) is 48.0 Å². The van der Waals surface area contributed by atoms with Crippen LogP contribution in [0.3, 0.4) is 0 Å². The molecule has 0 saturated carbocycles. The number of hydrogen-bond donors (Lipinski definition) is 1. The van der Waals surface area contributed by atoms with Gasteiger partial charge in [0.1, 0.15) is 0 Å². The van der Waals surface area contributed by atoms with E-state index in [1.165, 1.54) is 23.1 Å². The molecule has 3 aromatic carbocycles. The first-order valence-electron chi connectivity index (χ1n) is 13.3. The van der Waals surface area contributed by atoms with Crippen LogP contribution >= 0.6 is 0 Å². The molecule has 1 aliphatic rings. The number of halogens is 3. The van der Waals surface area contributed by atoms with Crippen molar-refractivity contribution in [2.45, 2.75) is 32.6 Å². The number of fused-ring (bicyclic) bond motifs is 1. The van der Waals surface area contributed by atoms with E-state index in [4.69, 9.17) is 0 Å². The minimum Gasteiger partial charge on any atom is -0.361 e. The Bertz CT molecular complexity index is 1610. The van der Waals surface area contributed by atoms with Gasteiger partial charge in [0, 0.05) is 49.8 Å². The van der Waals surface area contributed by atoms with Crippen LogP contribution in [0.4, 0.5) is 13.2 Å². The summed E-state index contributed by atoms with van der Waals surface area (Å²) < 4.78 is 42.9. The number of aryl methyl sites for hydroxylation is 2. The molecule has 0 aliphatic carbocycles. The Morgan fingerprint density at radius 3 is 2.38 bits per heavy atom. The molecular weight excluding hydrogens is 515 g/mol. The molecular formula is C30H30F3N7. The van der Waals surface area contributed by atoms with Gasteiger partial charge in [0.2, 0.25) is 0 Å². The summed E-state index contributed by atoms with van der Waals surface area (Å²) in [6.45, 7) is 7.60. The van der Waals surface area contributed by atoms with Gasteiger partial charge >= 0.3 is 6.18 Å². The topological polar surface area (TPSA) is 65.9 Å². The molecule has 10 heteroatoms. The minimum atomic E-state index is -4.45. The average molecular weight is 546 g/mol. The summed E-state index contributed by atoms with van der Waals surface area (Å²) in [5.74, 6) is 0.502. The van der Waals surface area contributed by atoms with E-state index in [-0.39, 0.29) is 0 Å². The van der Waals surface area contributed by atoms with Gasteiger partial charge < -0.3 is 4.98 Å². The third-order valence-electron chi connectivity index (χ3n) is 7.76. The molecule has 1 unspecified atom stereocenters. The predicted octanol–water partition coefficient (Wildman–Crippen LogP) is 5.69. The highest BCUT2D eigenvalue weighted by atomic mass is 19.4. The molecule has 0 radical (unpaired) electrons. The second kappa shape index (κ2) is 10.5. The minimum absolute atomic E-state index is 0.502. The van der Waals surface area contributed by atoms with E-state index in [2.05, 4.69) is 48.6 Å². The van der Waals surface area contributed by atoms with Crippen molar-refractivity contribution in [3.05, 3.63) is 107 Å². The fourth-order valence-electron chi connectivity index (χ4n) is 5.75. The number of hydrogen-bond acceptors (Lipinski definition) is 5. The summed E-state index contributed by atoms with van der Waals surface area (Å²) in [5.41, 5.74) is 5.00. The number of H-pyrrole nitrogens is 1. The van der Waals surface area contributed by atoms with E-state index < -0.39 is 17.8 Å². The second-order valence-corrected chi connectivity index (χ2v) is 10.4. The van der Waals surface area contributed by atoms with Crippen molar-refractivity contribution in [3.63, 3.8) is 0 Å². The van der Waals surface area contributed by atoms with Crippen molar-refractivity contribution in [2.24, 2.45) is 0 Å². The van der Waals surface area contributed by atoms with Gasteiger partial charge in [0.25, 0.3) is 0 Å². The standard InChI is InChI=1S/C30H30F3N7/c1-20-7-5-8-21(2)27(20)40-29(35-36-37-40)28(22-9-6-10-24(17-22)30(31,32)33)39-15-13-38(14-16-39)19-23-18-34-26-12-4-3-11-25(23)26/h3-12,17-18,28,34H,13-16,19H2,1-2H3. The summed E-state index contributed by atoms with van der Waals surface area (Å²) in [6, 6.07) is 19.2. The molecule has 0 spiro atoms. The van der Waals surface area contributed by atoms with E-state index in [9.17, 15) is 13.2 Å². The number of aromatic nitrogens is 5. The van der Waals surface area contributed by atoms with Crippen LogP contribution in [-0.2, 0) is 12.7 Å². The SMILES string of the molecule is Cc1cccc(C)c1-n1nnnc1C(c1cccc(C(F)(F)F)c1)N1CCN(Cc2c[nH]c3ccccc23)CC1. The molecule has 6 rings (SSSR count). The van der Waals surface area contributed by atoms with E-state index in [1.807, 2.05) is 44.2 Å². The third kappa shape index (κ3) is 5.00. The highest BCUT2D eigenvalue weighted by Gasteiger charge is 2.35. The van der Waals surface area contributed by atoms with E-state index >= 15 is 0 Å². The maximum absolute atomic E-state index is 13.7. The number of tetrazole rings is 1. The normalized spacial score (nSPS) is 16.0. The summed E-state index contributed by atoms with van der Waals surface area (Å²) >= 11 is 0. The first-order chi connectivity index (χ1) is 19.3. The van der Waals surface area contributed by atoms with Crippen LogP contribution in [0.2, 0.25) is 0 Å². The lowest BCUT2D eigenvalue weighted by Crippen LogP contribution is -2.48. The van der Waals surface area contributed by atoms with E-state index in [0.29, 0.717) is 24.5 Å². The van der Waals surface area contributed by atoms with Crippen molar-refractivity contribution >= 4 is 10.9 Å². The zero-order valence-electron chi connectivity index (χ0n) is 22.4. The number of nitrogens with one attached hydrogen (secondary N) is 1. The fourth-order valence-corrected chi connectivity index (χ4v) is 5.75. The molecule has 5 aromatic rings. The summed E-state index contributed by atoms with van der Waals surface area (Å²) in [6.07, 6.45) is -2.39. The van der Waals surface area contributed by atoms with Crippen molar-refractivity contribution in [1.29, 1.82) is 0 Å². The van der Waals surface area contributed by atoms with Gasteiger partial charge in [-0.25, -0.2) is 0 Å². The molecule has 1 N–H and O–H groups in total. The highest BCUT2D eigenvalue weighted by Crippen LogP contribution is 2.35. The van der Waals surface area contributed by atoms with Gasteiger partial charge in [-0.15, -0.1) is 5.10 Å². The second-order valence-electron chi connectivity index (χ2n) is 10.4. The van der Waals surface area contributed by atoms with Crippen molar-refractivity contribution in [1.82, 2.24) is 35.0 Å². The fraction of sp³-hybridized carbons (Fsp3) is 0.300. The molecule has 1 saturated heterocycles. The quantitative estimate of drug-likeness (QED) is 0.297. The molecule has 206 valence electrons. The summed E-state index contributed by atoms with van der Waals surface area (Å²) in [4.78, 5) is 7.91. The van der Waals surface area contributed by atoms with Crippen LogP contribution in [0, 0.1) is 13.8 Å². The Morgan fingerprint density at radius 2 is 1.62 bits per heavy atom. The number of piperazine rings is 1. The predicted molar refractivity (Wildman–Crippen MR) is 147 cm³/mol. The molecule has 3 heterocycles. The molecule has 1 atom stereocenters. The monoisotopic (exact) mass is 545 g/mol. The van der Waals surface area contributed by atoms with Crippen molar-refractivity contribution in [2.75, 3.05) is 26.2 Å². The third-order valence-corrected chi connectivity index (χ3v) is 7.76. The Balaban J connectivity index is 1.33. The largest absolute Gasteiger partial charge is 0.416 e. The van der Waals surface area contributed by atoms with Crippen LogP contribution in [0.15, 0.2) is 72.9 Å². The zero-order valence-corrected chi connectivity index (χ0v) is 22.4. The van der Waals surface area contributed by atoms with Crippen LogP contribution in [-0.4, -0.2) is 61.2 Å². The maximum atomic E-state index is 13.7. The van der Waals surface area contributed by atoms with Gasteiger partial charge in [-0.3, -0.25) is 9.80 Å². The maximum Gasteiger partial charge on any atom is 0.416 e. The van der Waals surface area contributed by atoms with Gasteiger partial charge in [-0.1, -0.05) is 48.5 Å². The number of benzene rings is 3. The lowest BCUT2D eigenvalue weighted by atomic mass is 10.00. The van der Waals surface area contributed by atoms with Crippen LogP contribution < -0.4 is 0 Å². The van der Waals surface area contributed by atoms with Crippen molar-refractivity contribution < 1.29 is 13.2 Å². The number of rotatable bonds is 6. The number of para-hydroxylation sites is 2. The Hall–Kier alpha value is -4.02. The summed E-state index contributed by atoms with van der Waals surface area (Å²) in [5, 5.41) is 13.9. The molecule has 2 aromatic heterocycles. The zero-order chi connectivity index (χ0) is 27.9. The Kier molecular flexibility index (Phi) is 6.89. The molecule has 0 amide bonds. The number of aromatic amines is 1. The smallest absolute Gasteiger partial charge is 0.361 e. The lowest BCUT2D eigenvalue weighted by molar-refractivity contribution is -0.137. The highest BCUT2D eigenvalue weighted by molar-refractivity contribution is 5.82. The Labute approximate surface area is 230 Å². The van der Waals surface area contributed by atoms with Crippen LogP contribution in [0.5, 0.6) is 0 Å². The van der Waals surface area contributed by atoms with E-state index in [1.54, 1.807) is 10.7 Å². The van der Waals surface area contributed by atoms with Gasteiger partial charge in [0.15, 0.2) is 5.82 Å². The molecule has 1 aliphatic heterocycles. The lowest BCUT2D eigenvalue weighted by Gasteiger charge is -2.39. The first-order valence-corrected chi connectivity index (χ1v) is 13.3. The summed E-state index contributed by atoms with van der Waals surface area (Å²) in [7, 11) is 0. The van der Waals surface area contributed by atoms with Crippen molar-refractivity contribution in [3.8, 4) is 5.69 Å². The number of alkyl halides is 3. The van der Waals surface area contributed by atoms with Gasteiger partial charge in [-0.05, 0) is 64.7 Å². The van der Waals surface area contributed by atoms with Crippen LogP contribution in [0.1, 0.15) is 39.7 Å². The van der Waals surface area contributed by atoms with Crippen LogP contribution in [0.25, 0.3) is 16.6 Å². The first kappa shape index (κ1) is 26.2. The van der Waals surface area contributed by atoms with Gasteiger partial charge in [-0.2, -0.15) is 17.9 Å². The molecule has 0 bridgehead atoms. The molecule has 1 fully saturated rings. The molecule has 7 nitrogen and oxygen atoms in total. The molecule has 40 heavy (non-hydrogen) atoms. The Morgan fingerprint density at radius 1 is 0.900 bits per heavy atom. The number of nitrogens with zero attached hydrogens (tertiary/aromatic N) is 6.